The third-order valence-electron chi connectivity index (χ3n) is 4.26. The number of hydrogen-bond donors (Lipinski definition) is 3. The lowest BCUT2D eigenvalue weighted by atomic mass is 10.0. The lowest BCUT2D eigenvalue weighted by Crippen LogP contribution is -2.73. The maximum absolute atomic E-state index is 12.9. The van der Waals surface area contributed by atoms with Gasteiger partial charge in [0.15, 0.2) is 5.75 Å². The molecule has 1 atom stereocenters. The number of benzene rings is 1. The summed E-state index contributed by atoms with van der Waals surface area (Å²) in [4.78, 5) is 39.8. The van der Waals surface area contributed by atoms with E-state index >= 15 is 0 Å². The number of hydrogen-bond acceptors (Lipinski definition) is 6. The van der Waals surface area contributed by atoms with Gasteiger partial charge in [0, 0.05) is 13.1 Å². The number of aliphatic carboxylic acids is 1. The average molecular weight is 336 g/mol. The Bertz CT molecular complexity index is 678. The van der Waals surface area contributed by atoms with Gasteiger partial charge in [-0.3, -0.25) is 14.5 Å². The van der Waals surface area contributed by atoms with Crippen molar-refractivity contribution in [2.75, 3.05) is 39.5 Å². The molecule has 1 aromatic rings. The van der Waals surface area contributed by atoms with Crippen LogP contribution >= 0.6 is 0 Å². The fraction of sp³-hybridized carbons (Fsp3) is 0.400. The Kier molecular flexibility index (Phi) is 4.65. The Morgan fingerprint density at radius 3 is 2.54 bits per heavy atom. The normalized spacial score (nSPS) is 21.0. The molecule has 0 radical (unpaired) electrons. The average Bonchev–Trinajstić information content (AvgIpc) is 2.55. The number of carbonyl (C=O) groups is 3. The van der Waals surface area contributed by atoms with Crippen molar-refractivity contribution >= 4 is 24.0 Å². The molecule has 9 heteroatoms. The molecule has 2 amide bonds. The molecular weight excluding hydrogens is 316 g/mol. The topological polar surface area (TPSA) is 127 Å². The smallest absolute Gasteiger partial charge is 0.347 e. The van der Waals surface area contributed by atoms with Gasteiger partial charge in [0.25, 0.3) is 5.91 Å². The number of phenols is 1. The molecule has 1 heterocycles. The summed E-state index contributed by atoms with van der Waals surface area (Å²) in [6.07, 6.45) is 0.557. The minimum absolute atomic E-state index is 0.0102. The van der Waals surface area contributed by atoms with Crippen LogP contribution in [0.5, 0.6) is 5.75 Å². The quantitative estimate of drug-likeness (QED) is 0.374. The highest BCUT2D eigenvalue weighted by Crippen LogP contribution is 2.31. The van der Waals surface area contributed by atoms with Crippen LogP contribution in [0, 0.1) is 0 Å². The molecule has 0 bridgehead atoms. The molecule has 1 aliphatic heterocycles. The van der Waals surface area contributed by atoms with Crippen LogP contribution in [-0.2, 0) is 9.59 Å². The highest BCUT2D eigenvalue weighted by molar-refractivity contribution is 6.01. The van der Waals surface area contributed by atoms with Gasteiger partial charge in [0.05, 0.1) is 17.8 Å². The van der Waals surface area contributed by atoms with Crippen molar-refractivity contribution in [2.24, 2.45) is 0 Å². The van der Waals surface area contributed by atoms with Crippen molar-refractivity contribution in [1.82, 2.24) is 14.7 Å². The highest BCUT2D eigenvalue weighted by atomic mass is 16.4. The van der Waals surface area contributed by atoms with Gasteiger partial charge < -0.3 is 25.7 Å². The van der Waals surface area contributed by atoms with Gasteiger partial charge in [0.2, 0.25) is 12.1 Å². The maximum Gasteiger partial charge on any atom is 0.347 e. The zero-order valence-electron chi connectivity index (χ0n) is 13.5. The van der Waals surface area contributed by atoms with Crippen LogP contribution in [0.4, 0.5) is 5.69 Å². The first kappa shape index (κ1) is 17.5. The van der Waals surface area contributed by atoms with Crippen molar-refractivity contribution in [3.8, 4) is 5.75 Å². The van der Waals surface area contributed by atoms with E-state index in [1.54, 1.807) is 0 Å². The van der Waals surface area contributed by atoms with E-state index in [4.69, 9.17) is 5.73 Å². The van der Waals surface area contributed by atoms with E-state index in [0.717, 1.165) is 4.90 Å². The highest BCUT2D eigenvalue weighted by Gasteiger charge is 2.52. The van der Waals surface area contributed by atoms with E-state index in [1.165, 1.54) is 42.1 Å². The van der Waals surface area contributed by atoms with Crippen molar-refractivity contribution in [1.29, 1.82) is 0 Å². The molecule has 1 fully saturated rings. The minimum Gasteiger partial charge on any atom is -0.505 e. The van der Waals surface area contributed by atoms with Crippen LogP contribution in [0.15, 0.2) is 18.2 Å². The molecule has 0 spiro atoms. The van der Waals surface area contributed by atoms with Crippen LogP contribution in [0.3, 0.4) is 0 Å². The zero-order valence-corrected chi connectivity index (χ0v) is 13.5. The molecule has 9 nitrogen and oxygen atoms in total. The molecule has 0 aromatic heterocycles. The first-order chi connectivity index (χ1) is 11.3. The second-order valence-corrected chi connectivity index (χ2v) is 5.79. The van der Waals surface area contributed by atoms with Crippen molar-refractivity contribution in [3.05, 3.63) is 23.8 Å². The summed E-state index contributed by atoms with van der Waals surface area (Å²) in [5.74, 6) is -2.32. The number of phenolic OH excluding ortho intramolecular Hbond substituents is 1. The molecule has 1 unspecified atom stereocenters. The molecule has 130 valence electrons. The minimum atomic E-state index is -1.74. The SMILES string of the molecule is CN(C)C1(C(=O)O)CN(C=O)CCN1C(=O)c1cccc(N)c1O. The lowest BCUT2D eigenvalue weighted by Gasteiger charge is -2.50. The summed E-state index contributed by atoms with van der Waals surface area (Å²) in [6.45, 7) is 0.0190. The third-order valence-corrected chi connectivity index (χ3v) is 4.26. The first-order valence-electron chi connectivity index (χ1n) is 7.25. The molecule has 1 aromatic carbocycles. The van der Waals surface area contributed by atoms with E-state index in [2.05, 4.69) is 0 Å². The van der Waals surface area contributed by atoms with E-state index in [9.17, 15) is 24.6 Å². The Balaban J connectivity index is 2.52. The molecule has 4 N–H and O–H groups in total. The number of anilines is 1. The van der Waals surface area contributed by atoms with Crippen molar-refractivity contribution in [3.63, 3.8) is 0 Å². The number of likely N-dealkylation sites (N-methyl/N-ethyl adjacent to an activating group) is 1. The molecule has 0 saturated carbocycles. The van der Waals surface area contributed by atoms with E-state index in [1.807, 2.05) is 0 Å². The number of piperazine rings is 1. The predicted molar refractivity (Wildman–Crippen MR) is 85.2 cm³/mol. The van der Waals surface area contributed by atoms with Crippen molar-refractivity contribution in [2.45, 2.75) is 5.66 Å². The van der Waals surface area contributed by atoms with Crippen LogP contribution in [-0.4, -0.2) is 82.6 Å². The number of carboxylic acids is 1. The Labute approximate surface area is 138 Å². The maximum atomic E-state index is 12.9. The van der Waals surface area contributed by atoms with Crippen LogP contribution in [0.2, 0.25) is 0 Å². The number of carboxylic acid groups (broad SMARTS) is 1. The molecule has 2 rings (SSSR count). The first-order valence-corrected chi connectivity index (χ1v) is 7.25. The largest absolute Gasteiger partial charge is 0.505 e. The summed E-state index contributed by atoms with van der Waals surface area (Å²) < 4.78 is 0. The van der Waals surface area contributed by atoms with E-state index in [0.29, 0.717) is 6.41 Å². The van der Waals surface area contributed by atoms with E-state index < -0.39 is 23.3 Å². The van der Waals surface area contributed by atoms with E-state index in [-0.39, 0.29) is 30.9 Å². The standard InChI is InChI=1S/C15H20N4O5/c1-17(2)15(14(23)24)8-18(9-20)6-7-19(15)13(22)10-4-3-5-11(16)12(10)21/h3-5,9,21H,6-8,16H2,1-2H3,(H,23,24). The van der Waals surface area contributed by atoms with Crippen LogP contribution < -0.4 is 5.73 Å². The summed E-state index contributed by atoms with van der Waals surface area (Å²) >= 11 is 0. The molecule has 1 aliphatic rings. The predicted octanol–water partition coefficient (Wildman–Crippen LogP) is -0.769. The van der Waals surface area contributed by atoms with Gasteiger partial charge in [-0.05, 0) is 26.2 Å². The molecule has 1 saturated heterocycles. The van der Waals surface area contributed by atoms with Crippen LogP contribution in [0.25, 0.3) is 0 Å². The number of carbonyl (C=O) groups excluding carboxylic acids is 2. The van der Waals surface area contributed by atoms with Gasteiger partial charge >= 0.3 is 5.97 Å². The summed E-state index contributed by atoms with van der Waals surface area (Å²) in [5, 5.41) is 19.8. The van der Waals surface area contributed by atoms with Gasteiger partial charge in [0.1, 0.15) is 0 Å². The Morgan fingerprint density at radius 2 is 2.00 bits per heavy atom. The van der Waals surface area contributed by atoms with Gasteiger partial charge in [-0.15, -0.1) is 0 Å². The summed E-state index contributed by atoms with van der Waals surface area (Å²) in [6, 6.07) is 4.32. The summed E-state index contributed by atoms with van der Waals surface area (Å²) in [7, 11) is 3.03. The number of nitrogens with two attached hydrogens (primary N) is 1. The second-order valence-electron chi connectivity index (χ2n) is 5.79. The van der Waals surface area contributed by atoms with Gasteiger partial charge in [-0.2, -0.15) is 0 Å². The molecule has 24 heavy (non-hydrogen) atoms. The second kappa shape index (κ2) is 6.36. The van der Waals surface area contributed by atoms with Gasteiger partial charge in [-0.1, -0.05) is 6.07 Å². The Morgan fingerprint density at radius 1 is 1.33 bits per heavy atom. The third kappa shape index (κ3) is 2.62. The number of para-hydroxylation sites is 1. The van der Waals surface area contributed by atoms with Crippen LogP contribution in [0.1, 0.15) is 10.4 Å². The van der Waals surface area contributed by atoms with Gasteiger partial charge in [-0.25, -0.2) is 4.79 Å². The number of nitrogens with zero attached hydrogens (tertiary/aromatic N) is 3. The number of amides is 2. The monoisotopic (exact) mass is 336 g/mol. The Hall–Kier alpha value is -2.81. The number of rotatable bonds is 4. The number of nitrogen functional groups attached to an aromatic ring is 1. The molecule has 0 aliphatic carbocycles. The number of aromatic hydroxyl groups is 1. The lowest BCUT2D eigenvalue weighted by molar-refractivity contribution is -0.169. The zero-order chi connectivity index (χ0) is 18.1. The molecular formula is C15H20N4O5. The summed E-state index contributed by atoms with van der Waals surface area (Å²) in [5.41, 5.74) is 3.82. The fourth-order valence-corrected chi connectivity index (χ4v) is 2.86. The van der Waals surface area contributed by atoms with Crippen molar-refractivity contribution < 1.29 is 24.6 Å². The fourth-order valence-electron chi connectivity index (χ4n) is 2.86.